The molecule has 186 valence electrons. The molecule has 3 rings (SSSR count). The first-order chi connectivity index (χ1) is 16.7. The van der Waals surface area contributed by atoms with Gasteiger partial charge in [-0.2, -0.15) is 0 Å². The molecule has 12 heteroatoms. The maximum absolute atomic E-state index is 12.3. The molecule has 0 saturated carbocycles. The number of rotatable bonds is 8. The van der Waals surface area contributed by atoms with Crippen LogP contribution >= 0.6 is 0 Å². The number of nitro benzene ring substituents is 1. The van der Waals surface area contributed by atoms with E-state index < -0.39 is 23.4 Å². The van der Waals surface area contributed by atoms with Crippen molar-refractivity contribution in [3.05, 3.63) is 57.6 Å². The number of carbonyl (C=O) groups excluding carboxylic acids is 3. The number of urea groups is 1. The number of nitro groups is 1. The molecule has 1 aliphatic rings. The zero-order chi connectivity index (χ0) is 25.4. The highest BCUT2D eigenvalue weighted by molar-refractivity contribution is 5.97. The Balaban J connectivity index is 1.55. The first-order valence-electron chi connectivity index (χ1n) is 10.9. The third-order valence-electron chi connectivity index (χ3n) is 4.73. The van der Waals surface area contributed by atoms with Crippen molar-refractivity contribution in [2.45, 2.75) is 32.9 Å². The fourth-order valence-electron chi connectivity index (χ4n) is 3.10. The number of nitrogens with one attached hydrogen (secondary N) is 3. The molecule has 2 aromatic rings. The number of amides is 3. The second-order valence-corrected chi connectivity index (χ2v) is 7.93. The lowest BCUT2D eigenvalue weighted by Crippen LogP contribution is -2.39. The van der Waals surface area contributed by atoms with Crippen molar-refractivity contribution in [2.24, 2.45) is 0 Å². The smallest absolute Gasteiger partial charge is 0.338 e. The van der Waals surface area contributed by atoms with Gasteiger partial charge >= 0.3 is 12.0 Å². The zero-order valence-corrected chi connectivity index (χ0v) is 19.3. The zero-order valence-electron chi connectivity index (χ0n) is 19.3. The van der Waals surface area contributed by atoms with Gasteiger partial charge in [-0.25, -0.2) is 9.59 Å². The number of benzene rings is 2. The fourth-order valence-corrected chi connectivity index (χ4v) is 3.10. The molecule has 0 fully saturated rings. The topological polar surface area (TPSA) is 158 Å². The first kappa shape index (κ1) is 25.3. The van der Waals surface area contributed by atoms with E-state index in [1.807, 2.05) is 13.8 Å². The minimum atomic E-state index is -0.757. The van der Waals surface area contributed by atoms with Crippen molar-refractivity contribution in [3.8, 4) is 11.5 Å². The number of fused-ring (bicyclic) bond motifs is 1. The summed E-state index contributed by atoms with van der Waals surface area (Å²) in [5.74, 6) is -1.01. The Kier molecular flexibility index (Phi) is 8.43. The predicted octanol–water partition coefficient (Wildman–Crippen LogP) is 2.76. The van der Waals surface area contributed by atoms with E-state index in [-0.39, 0.29) is 47.1 Å². The monoisotopic (exact) mass is 486 g/mol. The summed E-state index contributed by atoms with van der Waals surface area (Å²) in [6.45, 7) is 4.04. The molecule has 0 aliphatic carbocycles. The van der Waals surface area contributed by atoms with Crippen molar-refractivity contribution in [1.82, 2.24) is 10.6 Å². The molecule has 35 heavy (non-hydrogen) atoms. The molecule has 0 aromatic heterocycles. The van der Waals surface area contributed by atoms with Gasteiger partial charge in [-0.05, 0) is 31.5 Å². The molecule has 0 radical (unpaired) electrons. The van der Waals surface area contributed by atoms with E-state index in [1.54, 1.807) is 12.1 Å². The second-order valence-electron chi connectivity index (χ2n) is 7.93. The molecule has 0 bridgehead atoms. The summed E-state index contributed by atoms with van der Waals surface area (Å²) in [6.07, 6.45) is 0.616. The summed E-state index contributed by atoms with van der Waals surface area (Å²) >= 11 is 0. The molecule has 0 saturated heterocycles. The minimum Gasteiger partial charge on any atom is -0.489 e. The van der Waals surface area contributed by atoms with Crippen molar-refractivity contribution in [1.29, 1.82) is 0 Å². The van der Waals surface area contributed by atoms with Crippen LogP contribution in [-0.4, -0.2) is 48.7 Å². The lowest BCUT2D eigenvalue weighted by molar-refractivity contribution is -0.384. The van der Waals surface area contributed by atoms with Gasteiger partial charge in [0.1, 0.15) is 5.69 Å². The number of ether oxygens (including phenoxy) is 3. The summed E-state index contributed by atoms with van der Waals surface area (Å²) in [4.78, 5) is 47.0. The number of nitrogens with zero attached hydrogens (tertiary/aromatic N) is 1. The molecule has 0 spiro atoms. The highest BCUT2D eigenvalue weighted by Crippen LogP contribution is 2.39. The van der Waals surface area contributed by atoms with E-state index in [4.69, 9.17) is 14.2 Å². The molecule has 0 atom stereocenters. The van der Waals surface area contributed by atoms with Gasteiger partial charge in [0.2, 0.25) is 0 Å². The van der Waals surface area contributed by atoms with E-state index in [1.165, 1.54) is 24.3 Å². The Morgan fingerprint density at radius 1 is 1.09 bits per heavy atom. The first-order valence-corrected chi connectivity index (χ1v) is 10.9. The summed E-state index contributed by atoms with van der Waals surface area (Å²) < 4.78 is 16.0. The standard InChI is InChI=1S/C23H26N4O8/c1-14(2)25-23(30)24-12-15-4-6-16(7-5-15)22(29)35-13-21(28)26-17-10-19-20(11-18(17)27(31)32)34-9-3-8-33-19/h4-7,10-11,14H,3,8-9,12-13H2,1-2H3,(H,26,28)(H2,24,25,30). The molecule has 0 unspecified atom stereocenters. The van der Waals surface area contributed by atoms with Crippen LogP contribution < -0.4 is 25.4 Å². The Morgan fingerprint density at radius 3 is 2.37 bits per heavy atom. The molecular weight excluding hydrogens is 460 g/mol. The minimum absolute atomic E-state index is 0.00892. The van der Waals surface area contributed by atoms with E-state index >= 15 is 0 Å². The van der Waals surface area contributed by atoms with Crippen molar-refractivity contribution in [3.63, 3.8) is 0 Å². The highest BCUT2D eigenvalue weighted by Gasteiger charge is 2.23. The van der Waals surface area contributed by atoms with Gasteiger partial charge in [0.25, 0.3) is 11.6 Å². The highest BCUT2D eigenvalue weighted by atomic mass is 16.6. The molecule has 3 N–H and O–H groups in total. The quantitative estimate of drug-likeness (QED) is 0.292. The Hall–Kier alpha value is -4.35. The molecule has 1 aliphatic heterocycles. The number of esters is 1. The van der Waals surface area contributed by atoms with Gasteiger partial charge in [-0.15, -0.1) is 0 Å². The van der Waals surface area contributed by atoms with Gasteiger partial charge in [-0.3, -0.25) is 14.9 Å². The summed E-state index contributed by atoms with van der Waals surface area (Å²) in [6, 6.07) is 8.51. The largest absolute Gasteiger partial charge is 0.489 e. The number of hydrogen-bond donors (Lipinski definition) is 3. The number of hydrogen-bond acceptors (Lipinski definition) is 8. The Labute approximate surface area is 201 Å². The van der Waals surface area contributed by atoms with Crippen LogP contribution in [0, 0.1) is 10.1 Å². The number of carbonyl (C=O) groups is 3. The van der Waals surface area contributed by atoms with Crippen molar-refractivity contribution in [2.75, 3.05) is 25.1 Å². The SMILES string of the molecule is CC(C)NC(=O)NCc1ccc(C(=O)OCC(=O)Nc2cc3c(cc2[N+](=O)[O-])OCCCO3)cc1. The van der Waals surface area contributed by atoms with E-state index in [9.17, 15) is 24.5 Å². The van der Waals surface area contributed by atoms with E-state index in [2.05, 4.69) is 16.0 Å². The summed E-state index contributed by atoms with van der Waals surface area (Å²) in [7, 11) is 0. The van der Waals surface area contributed by atoms with Crippen LogP contribution in [0.3, 0.4) is 0 Å². The van der Waals surface area contributed by atoms with Gasteiger partial charge in [0.15, 0.2) is 18.1 Å². The van der Waals surface area contributed by atoms with Gasteiger partial charge in [-0.1, -0.05) is 12.1 Å². The summed E-state index contributed by atoms with van der Waals surface area (Å²) in [5.41, 5.74) is 0.494. The maximum atomic E-state index is 12.3. The van der Waals surface area contributed by atoms with Crippen LogP contribution in [0.1, 0.15) is 36.2 Å². The van der Waals surface area contributed by atoms with Crippen LogP contribution in [0.2, 0.25) is 0 Å². The third kappa shape index (κ3) is 7.32. The van der Waals surface area contributed by atoms with Gasteiger partial charge < -0.3 is 30.2 Å². The lowest BCUT2D eigenvalue weighted by Gasteiger charge is -2.12. The van der Waals surface area contributed by atoms with E-state index in [0.29, 0.717) is 19.6 Å². The molecule has 3 amide bonds. The summed E-state index contributed by atoms with van der Waals surface area (Å²) in [5, 5.41) is 19.2. The van der Waals surface area contributed by atoms with Crippen molar-refractivity contribution >= 4 is 29.3 Å². The molecule has 12 nitrogen and oxygen atoms in total. The van der Waals surface area contributed by atoms with Crippen LogP contribution in [0.4, 0.5) is 16.2 Å². The Morgan fingerprint density at radius 2 is 1.74 bits per heavy atom. The third-order valence-corrected chi connectivity index (χ3v) is 4.73. The molecular formula is C23H26N4O8. The van der Waals surface area contributed by atoms with E-state index in [0.717, 1.165) is 5.56 Å². The lowest BCUT2D eigenvalue weighted by atomic mass is 10.1. The normalized spacial score (nSPS) is 12.3. The second kappa shape index (κ2) is 11.7. The maximum Gasteiger partial charge on any atom is 0.338 e. The van der Waals surface area contributed by atoms with Crippen molar-refractivity contribution < 1.29 is 33.5 Å². The average molecular weight is 486 g/mol. The molecule has 1 heterocycles. The van der Waals surface area contributed by atoms with Crippen LogP contribution in [0.25, 0.3) is 0 Å². The van der Waals surface area contributed by atoms with Crippen LogP contribution in [-0.2, 0) is 16.1 Å². The number of anilines is 1. The molecule has 2 aromatic carbocycles. The van der Waals surface area contributed by atoms with Gasteiger partial charge in [0.05, 0.1) is 29.8 Å². The van der Waals surface area contributed by atoms with Crippen LogP contribution in [0.5, 0.6) is 11.5 Å². The van der Waals surface area contributed by atoms with Gasteiger partial charge in [0, 0.05) is 25.1 Å². The Bertz CT molecular complexity index is 1100. The predicted molar refractivity (Wildman–Crippen MR) is 125 cm³/mol. The fraction of sp³-hybridized carbons (Fsp3) is 0.348. The average Bonchev–Trinajstić information content (AvgIpc) is 3.05. The van der Waals surface area contributed by atoms with Crippen LogP contribution in [0.15, 0.2) is 36.4 Å².